The monoisotopic (exact) mass is 221 g/mol. The summed E-state index contributed by atoms with van der Waals surface area (Å²) < 4.78 is 24.0. The van der Waals surface area contributed by atoms with Gasteiger partial charge in [-0.15, -0.1) is 0 Å². The van der Waals surface area contributed by atoms with Crippen LogP contribution in [0.3, 0.4) is 0 Å². The van der Waals surface area contributed by atoms with E-state index in [0.29, 0.717) is 0 Å². The van der Waals surface area contributed by atoms with Crippen LogP contribution in [0.1, 0.15) is 0 Å². The molecular weight excluding hydrogens is 220 g/mol. The Bertz CT molecular complexity index is 92.0. The minimum atomic E-state index is -3.83. The molecule has 0 fully saturated rings. The van der Waals surface area contributed by atoms with Gasteiger partial charge in [-0.3, -0.25) is 9.11 Å². The van der Waals surface area contributed by atoms with E-state index in [2.05, 4.69) is 11.2 Å². The first-order chi connectivity index (χ1) is 2.00. The summed E-state index contributed by atoms with van der Waals surface area (Å²) >= 11 is 3.47. The van der Waals surface area contributed by atoms with Crippen molar-refractivity contribution in [2.45, 2.75) is 0 Å². The van der Waals surface area contributed by atoms with Crippen LogP contribution in [0.25, 0.3) is 0 Å². The maximum absolute atomic E-state index is 9.11. The minimum Gasteiger partial charge on any atom is -0.285 e. The molecule has 0 aliphatic carbocycles. The molecule has 0 rings (SSSR count). The average molecular weight is 222 g/mol. The van der Waals surface area contributed by atoms with Gasteiger partial charge in [0, 0.05) is 33.6 Å². The van der Waals surface area contributed by atoms with Crippen molar-refractivity contribution in [1.82, 2.24) is 0 Å². The summed E-state index contributed by atoms with van der Waals surface area (Å²) in [4.78, 5) is 0. The fourth-order valence-electron chi connectivity index (χ4n) is 0. The fourth-order valence-corrected chi connectivity index (χ4v) is 0. The largest absolute Gasteiger partial charge is 0.285 e. The van der Waals surface area contributed by atoms with Gasteiger partial charge < -0.3 is 0 Å². The summed E-state index contributed by atoms with van der Waals surface area (Å²) in [7, 11) is -3.83. The quantitative estimate of drug-likeness (QED) is 0.551. The van der Waals surface area contributed by atoms with Crippen molar-refractivity contribution in [2.24, 2.45) is 0 Å². The summed E-state index contributed by atoms with van der Waals surface area (Å²) in [6, 6.07) is 0. The van der Waals surface area contributed by atoms with Crippen molar-refractivity contribution >= 4 is 20.2 Å². The van der Waals surface area contributed by atoms with E-state index in [-0.39, 0.29) is 22.4 Å². The van der Waals surface area contributed by atoms with E-state index in [9.17, 15) is 0 Å². The average Bonchev–Trinajstić information content (AvgIpc) is 0.722. The molecule has 0 spiro atoms. The van der Waals surface area contributed by atoms with Crippen LogP contribution in [0.5, 0.6) is 0 Å². The predicted octanol–water partition coefficient (Wildman–Crippen LogP) is -0.324. The van der Waals surface area contributed by atoms with Crippen molar-refractivity contribution in [3.8, 4) is 0 Å². The van der Waals surface area contributed by atoms with Crippen LogP contribution in [-0.2, 0) is 42.6 Å². The molecule has 0 aromatic carbocycles. The first-order valence-electron chi connectivity index (χ1n) is 0.698. The Balaban J connectivity index is 0. The molecule has 0 heterocycles. The Morgan fingerprint density at radius 3 is 1.50 bits per heavy atom. The summed E-state index contributed by atoms with van der Waals surface area (Å²) in [5.41, 5.74) is 0. The molecule has 0 aliphatic heterocycles. The zero-order valence-electron chi connectivity index (χ0n) is 2.42. The molecule has 0 atom stereocenters. The van der Waals surface area contributed by atoms with E-state index < -0.39 is 9.05 Å². The van der Waals surface area contributed by atoms with Gasteiger partial charge in [0.05, 0.1) is 0 Å². The second kappa shape index (κ2) is 3.09. The normalized spacial score (nSPS) is 9.67. The van der Waals surface area contributed by atoms with Crippen LogP contribution in [0.15, 0.2) is 0 Å². The second-order valence-electron chi connectivity index (χ2n) is 0.448. The zero-order valence-corrected chi connectivity index (χ0v) is 5.54. The van der Waals surface area contributed by atoms with Gasteiger partial charge in [-0.05, 0) is 0 Å². The molecule has 43 valence electrons. The maximum atomic E-state index is 9.11. The van der Waals surface area contributed by atoms with E-state index in [4.69, 9.17) is 13.3 Å². The first-order valence-corrected chi connectivity index (χ1v) is 3.10. The molecule has 3 nitrogen and oxygen atoms in total. The Morgan fingerprint density at radius 1 is 1.50 bits per heavy atom. The Morgan fingerprint density at radius 2 is 1.50 bits per heavy atom. The molecule has 0 amide bonds. The standard InChI is InChI=1S/Ag.H2O3S2/c;1-5(2,3)4/h;(H2,1,2,3,4). The summed E-state index contributed by atoms with van der Waals surface area (Å²) in [5.74, 6) is 0. The first kappa shape index (κ1) is 10.1. The molecule has 6 heteroatoms. The van der Waals surface area contributed by atoms with Gasteiger partial charge in [-0.25, -0.2) is 0 Å². The molecule has 0 unspecified atom stereocenters. The van der Waals surface area contributed by atoms with Gasteiger partial charge >= 0.3 is 0 Å². The second-order valence-corrected chi connectivity index (χ2v) is 2.65. The Kier molecular flexibility index (Phi) is 5.20. The van der Waals surface area contributed by atoms with Gasteiger partial charge in [0.15, 0.2) is 0 Å². The SMILES string of the molecule is O=S(O)(O)=S.[Ag]. The number of hydrogen-bond donors (Lipinski definition) is 2. The summed E-state index contributed by atoms with van der Waals surface area (Å²) in [6.45, 7) is 0. The van der Waals surface area contributed by atoms with Crippen LogP contribution < -0.4 is 0 Å². The van der Waals surface area contributed by atoms with Gasteiger partial charge in [0.2, 0.25) is 0 Å². The number of hydrogen-bond acceptors (Lipinski definition) is 2. The maximum Gasteiger partial charge on any atom is 0.263 e. The van der Waals surface area contributed by atoms with Crippen molar-refractivity contribution < 1.29 is 35.7 Å². The third-order valence-electron chi connectivity index (χ3n) is 0. The summed E-state index contributed by atoms with van der Waals surface area (Å²) in [5, 5.41) is 0. The van der Waals surface area contributed by atoms with E-state index in [1.165, 1.54) is 0 Å². The van der Waals surface area contributed by atoms with E-state index in [1.54, 1.807) is 0 Å². The Labute approximate surface area is 56.0 Å². The van der Waals surface area contributed by atoms with Gasteiger partial charge in [0.25, 0.3) is 9.05 Å². The third kappa shape index (κ3) is 77.0. The predicted molar refractivity (Wildman–Crippen MR) is 20.8 cm³/mol. The third-order valence-corrected chi connectivity index (χ3v) is 0. The summed E-state index contributed by atoms with van der Waals surface area (Å²) in [6.07, 6.45) is 0. The van der Waals surface area contributed by atoms with Gasteiger partial charge in [-0.2, -0.15) is 4.21 Å². The number of rotatable bonds is 0. The Hall–Kier alpha value is 1.03. The molecule has 2 N–H and O–H groups in total. The molecule has 0 bridgehead atoms. The molecule has 0 aromatic rings. The van der Waals surface area contributed by atoms with Crippen LogP contribution in [0.4, 0.5) is 0 Å². The zero-order chi connectivity index (χ0) is 4.50. The molecule has 0 saturated carbocycles. The van der Waals surface area contributed by atoms with Gasteiger partial charge in [0.1, 0.15) is 0 Å². The van der Waals surface area contributed by atoms with Crippen molar-refractivity contribution in [3.05, 3.63) is 0 Å². The van der Waals surface area contributed by atoms with Crippen LogP contribution in [0, 0.1) is 0 Å². The van der Waals surface area contributed by atoms with Crippen LogP contribution in [-0.4, -0.2) is 13.3 Å². The topological polar surface area (TPSA) is 57.5 Å². The van der Waals surface area contributed by atoms with Gasteiger partial charge in [-0.1, -0.05) is 0 Å². The molecule has 0 aliphatic rings. The smallest absolute Gasteiger partial charge is 0.263 e. The fraction of sp³-hybridized carbons (Fsp3) is 0. The van der Waals surface area contributed by atoms with Crippen molar-refractivity contribution in [2.75, 3.05) is 0 Å². The molecule has 0 saturated heterocycles. The molecule has 1 radical (unpaired) electrons. The van der Waals surface area contributed by atoms with Crippen molar-refractivity contribution in [1.29, 1.82) is 0 Å². The van der Waals surface area contributed by atoms with E-state index >= 15 is 0 Å². The molecule has 0 aromatic heterocycles. The van der Waals surface area contributed by atoms with E-state index in [1.807, 2.05) is 0 Å². The van der Waals surface area contributed by atoms with Crippen LogP contribution in [0.2, 0.25) is 0 Å². The van der Waals surface area contributed by atoms with Crippen LogP contribution >= 0.6 is 0 Å². The molecule has 6 heavy (non-hydrogen) atoms. The minimum absolute atomic E-state index is 0. The van der Waals surface area contributed by atoms with E-state index in [0.717, 1.165) is 0 Å². The molecular formula is H2AgO3S2. The van der Waals surface area contributed by atoms with Crippen molar-refractivity contribution in [3.63, 3.8) is 0 Å².